The quantitative estimate of drug-likeness (QED) is 0.567. The molecule has 0 saturated heterocycles. The van der Waals surface area contributed by atoms with Crippen molar-refractivity contribution < 1.29 is 4.79 Å². The number of rotatable bonds is 5. The third kappa shape index (κ3) is 4.39. The smallest absolute Gasteiger partial charge is 0.260 e. The van der Waals surface area contributed by atoms with E-state index in [0.29, 0.717) is 22.3 Å². The fourth-order valence-corrected chi connectivity index (χ4v) is 3.86. The van der Waals surface area contributed by atoms with Crippen LogP contribution >= 0.6 is 38.9 Å². The first-order valence-corrected chi connectivity index (χ1v) is 9.71. The largest absolute Gasteiger partial charge is 0.308 e. The van der Waals surface area contributed by atoms with Gasteiger partial charge >= 0.3 is 0 Å². The van der Waals surface area contributed by atoms with Crippen molar-refractivity contribution in [1.82, 2.24) is 9.88 Å². The molecule has 0 N–H and O–H groups in total. The Morgan fingerprint density at radius 2 is 1.88 bits per heavy atom. The number of likely N-dealkylation sites (N-methyl/N-ethyl adjacent to an activating group) is 1. The fourth-order valence-electron chi connectivity index (χ4n) is 2.33. The lowest BCUT2D eigenvalue weighted by atomic mass is 10.2. The summed E-state index contributed by atoms with van der Waals surface area (Å²) < 4.78 is 1.92. The highest BCUT2D eigenvalue weighted by Crippen LogP contribution is 2.31. The lowest BCUT2D eigenvalue weighted by Crippen LogP contribution is -2.36. The maximum Gasteiger partial charge on any atom is 0.260 e. The molecule has 1 aromatic heterocycles. The van der Waals surface area contributed by atoms with Crippen LogP contribution in [0.2, 0.25) is 5.02 Å². The van der Waals surface area contributed by atoms with Crippen LogP contribution in [-0.4, -0.2) is 43.0 Å². The summed E-state index contributed by atoms with van der Waals surface area (Å²) >= 11 is 11.0. The molecular weight excluding hydrogens is 422 g/mol. The van der Waals surface area contributed by atoms with Gasteiger partial charge in [0.25, 0.3) is 5.91 Å². The van der Waals surface area contributed by atoms with Gasteiger partial charge in [0.05, 0.1) is 10.2 Å². The maximum absolute atomic E-state index is 13.0. The van der Waals surface area contributed by atoms with E-state index >= 15 is 0 Å². The summed E-state index contributed by atoms with van der Waals surface area (Å²) in [4.78, 5) is 21.5. The highest BCUT2D eigenvalue weighted by molar-refractivity contribution is 9.10. The minimum Gasteiger partial charge on any atom is -0.308 e. The van der Waals surface area contributed by atoms with Gasteiger partial charge in [-0.2, -0.15) is 0 Å². The molecule has 2 aromatic carbocycles. The third-order valence-corrected chi connectivity index (χ3v) is 5.48. The van der Waals surface area contributed by atoms with E-state index in [4.69, 9.17) is 11.6 Å². The molecule has 0 fully saturated rings. The van der Waals surface area contributed by atoms with Crippen LogP contribution in [0.4, 0.5) is 5.13 Å². The minimum atomic E-state index is -0.0560. The van der Waals surface area contributed by atoms with Gasteiger partial charge in [-0.3, -0.25) is 9.69 Å². The Bertz CT molecular complexity index is 895. The Kier molecular flexibility index (Phi) is 5.74. The maximum atomic E-state index is 13.0. The number of thiazole rings is 1. The first-order chi connectivity index (χ1) is 11.9. The molecule has 0 unspecified atom stereocenters. The Labute approximate surface area is 164 Å². The standard InChI is InChI=1S/C18H17BrClN3OS/c1-22(2)9-10-23(17(24)12-3-5-13(19)6-4-12)18-21-15-8-7-14(20)11-16(15)25-18/h3-8,11H,9-10H2,1-2H3. The Morgan fingerprint density at radius 3 is 2.56 bits per heavy atom. The highest BCUT2D eigenvalue weighted by atomic mass is 79.9. The molecule has 7 heteroatoms. The van der Waals surface area contributed by atoms with E-state index in [1.54, 1.807) is 4.90 Å². The van der Waals surface area contributed by atoms with Gasteiger partial charge in [0.2, 0.25) is 0 Å². The molecule has 1 amide bonds. The molecule has 0 aliphatic heterocycles. The van der Waals surface area contributed by atoms with Crippen LogP contribution in [0.3, 0.4) is 0 Å². The zero-order chi connectivity index (χ0) is 18.0. The Balaban J connectivity index is 1.97. The molecule has 0 spiro atoms. The molecule has 0 bridgehead atoms. The normalized spacial score (nSPS) is 11.2. The van der Waals surface area contributed by atoms with Gasteiger partial charge in [0, 0.05) is 28.1 Å². The zero-order valence-corrected chi connectivity index (χ0v) is 17.0. The average Bonchev–Trinajstić information content (AvgIpc) is 2.98. The van der Waals surface area contributed by atoms with Crippen LogP contribution in [-0.2, 0) is 0 Å². The number of carbonyl (C=O) groups excluding carboxylic acids is 1. The number of hydrogen-bond acceptors (Lipinski definition) is 4. The second-order valence-electron chi connectivity index (χ2n) is 5.88. The van der Waals surface area contributed by atoms with Gasteiger partial charge in [-0.1, -0.05) is 38.9 Å². The fraction of sp³-hybridized carbons (Fsp3) is 0.222. The van der Waals surface area contributed by atoms with E-state index in [0.717, 1.165) is 21.2 Å². The molecule has 0 saturated carbocycles. The summed E-state index contributed by atoms with van der Waals surface area (Å²) in [5, 5.41) is 1.36. The SMILES string of the molecule is CN(C)CCN(C(=O)c1ccc(Br)cc1)c1nc2ccc(Cl)cc2s1. The molecule has 0 radical (unpaired) electrons. The monoisotopic (exact) mass is 437 g/mol. The van der Waals surface area contributed by atoms with Crippen LogP contribution in [0.5, 0.6) is 0 Å². The van der Waals surface area contributed by atoms with Crippen LogP contribution in [0.25, 0.3) is 10.2 Å². The second-order valence-corrected chi connectivity index (χ2v) is 8.24. The number of benzene rings is 2. The number of anilines is 1. The summed E-state index contributed by atoms with van der Waals surface area (Å²) in [6, 6.07) is 13.0. The van der Waals surface area contributed by atoms with E-state index < -0.39 is 0 Å². The van der Waals surface area contributed by atoms with Crippen LogP contribution in [0, 0.1) is 0 Å². The van der Waals surface area contributed by atoms with Gasteiger partial charge in [-0.05, 0) is 56.6 Å². The second kappa shape index (κ2) is 7.83. The summed E-state index contributed by atoms with van der Waals surface area (Å²) in [6.45, 7) is 1.31. The van der Waals surface area contributed by atoms with Crippen molar-refractivity contribution in [2.75, 3.05) is 32.1 Å². The molecule has 3 aromatic rings. The van der Waals surface area contributed by atoms with E-state index in [2.05, 4.69) is 20.9 Å². The first-order valence-electron chi connectivity index (χ1n) is 7.72. The van der Waals surface area contributed by atoms with E-state index in [1.807, 2.05) is 61.5 Å². The average molecular weight is 439 g/mol. The lowest BCUT2D eigenvalue weighted by molar-refractivity contribution is 0.0985. The van der Waals surface area contributed by atoms with Crippen LogP contribution in [0.1, 0.15) is 10.4 Å². The Hall–Kier alpha value is -1.47. The van der Waals surface area contributed by atoms with Gasteiger partial charge < -0.3 is 4.90 Å². The van der Waals surface area contributed by atoms with Crippen molar-refractivity contribution >= 4 is 60.1 Å². The highest BCUT2D eigenvalue weighted by Gasteiger charge is 2.21. The van der Waals surface area contributed by atoms with Crippen LogP contribution in [0.15, 0.2) is 46.9 Å². The van der Waals surface area contributed by atoms with Crippen molar-refractivity contribution in [2.45, 2.75) is 0 Å². The van der Waals surface area contributed by atoms with Gasteiger partial charge in [0.1, 0.15) is 0 Å². The number of carbonyl (C=O) groups is 1. The topological polar surface area (TPSA) is 36.4 Å². The van der Waals surface area contributed by atoms with Gasteiger partial charge in [-0.25, -0.2) is 4.98 Å². The molecule has 25 heavy (non-hydrogen) atoms. The van der Waals surface area contributed by atoms with Crippen molar-refractivity contribution in [3.05, 3.63) is 57.5 Å². The summed E-state index contributed by atoms with van der Waals surface area (Å²) in [5.41, 5.74) is 1.49. The van der Waals surface area contributed by atoms with E-state index in [9.17, 15) is 4.79 Å². The van der Waals surface area contributed by atoms with Crippen LogP contribution < -0.4 is 4.90 Å². The van der Waals surface area contributed by atoms with E-state index in [-0.39, 0.29) is 5.91 Å². The van der Waals surface area contributed by atoms with Crippen molar-refractivity contribution in [3.63, 3.8) is 0 Å². The molecule has 1 heterocycles. The number of hydrogen-bond donors (Lipinski definition) is 0. The van der Waals surface area contributed by atoms with Crippen molar-refractivity contribution in [3.8, 4) is 0 Å². The van der Waals surface area contributed by atoms with Gasteiger partial charge in [0.15, 0.2) is 5.13 Å². The predicted molar refractivity (Wildman–Crippen MR) is 109 cm³/mol. The zero-order valence-electron chi connectivity index (χ0n) is 13.9. The number of aromatic nitrogens is 1. The van der Waals surface area contributed by atoms with Crippen molar-refractivity contribution in [2.24, 2.45) is 0 Å². The molecular formula is C18H17BrClN3OS. The molecule has 0 atom stereocenters. The first kappa shape index (κ1) is 18.3. The summed E-state index contributed by atoms with van der Waals surface area (Å²) in [5.74, 6) is -0.0560. The lowest BCUT2D eigenvalue weighted by Gasteiger charge is -2.22. The van der Waals surface area contributed by atoms with Gasteiger partial charge in [-0.15, -0.1) is 0 Å². The molecule has 4 nitrogen and oxygen atoms in total. The minimum absolute atomic E-state index is 0.0560. The molecule has 130 valence electrons. The molecule has 0 aliphatic rings. The molecule has 0 aliphatic carbocycles. The number of amides is 1. The summed E-state index contributed by atoms with van der Waals surface area (Å²) in [6.07, 6.45) is 0. The third-order valence-electron chi connectivity index (χ3n) is 3.68. The molecule has 3 rings (SSSR count). The van der Waals surface area contributed by atoms with Crippen molar-refractivity contribution in [1.29, 1.82) is 0 Å². The predicted octanol–water partition coefficient (Wildman–Crippen LogP) is 4.92. The Morgan fingerprint density at radius 1 is 1.16 bits per heavy atom. The van der Waals surface area contributed by atoms with E-state index in [1.165, 1.54) is 11.3 Å². The number of fused-ring (bicyclic) bond motifs is 1. The number of halogens is 2. The number of nitrogens with zero attached hydrogens (tertiary/aromatic N) is 3. The summed E-state index contributed by atoms with van der Waals surface area (Å²) in [7, 11) is 3.97.